The lowest BCUT2D eigenvalue weighted by Gasteiger charge is -2.32. The van der Waals surface area contributed by atoms with Gasteiger partial charge in [0.1, 0.15) is 6.07 Å². The van der Waals surface area contributed by atoms with E-state index in [1.54, 1.807) is 37.3 Å². The molecule has 0 aliphatic heterocycles. The van der Waals surface area contributed by atoms with Gasteiger partial charge in [0.05, 0.1) is 12.3 Å². The molecule has 0 saturated carbocycles. The summed E-state index contributed by atoms with van der Waals surface area (Å²) in [6.07, 6.45) is 0.754. The number of ether oxygens (including phenoxy) is 1. The van der Waals surface area contributed by atoms with E-state index < -0.39 is 11.5 Å². The van der Waals surface area contributed by atoms with Gasteiger partial charge in [0.15, 0.2) is 0 Å². The third kappa shape index (κ3) is 3.04. The van der Waals surface area contributed by atoms with Crippen LogP contribution < -0.4 is 5.06 Å². The Balaban J connectivity index is 3.16. The number of carbonyl (C=O) groups is 1. The van der Waals surface area contributed by atoms with Gasteiger partial charge < -0.3 is 4.74 Å². The van der Waals surface area contributed by atoms with E-state index in [-0.39, 0.29) is 13.0 Å². The molecule has 0 unspecified atom stereocenters. The van der Waals surface area contributed by atoms with Crippen molar-refractivity contribution in [3.63, 3.8) is 0 Å². The molecule has 1 aromatic carbocycles. The zero-order chi connectivity index (χ0) is 14.3. The summed E-state index contributed by atoms with van der Waals surface area (Å²) >= 11 is 0. The smallest absolute Gasteiger partial charge is 0.349 e. The molecule has 0 radical (unpaired) electrons. The summed E-state index contributed by atoms with van der Waals surface area (Å²) in [6, 6.07) is 10.4. The van der Waals surface area contributed by atoms with Crippen molar-refractivity contribution in [2.24, 2.45) is 0 Å². The van der Waals surface area contributed by atoms with Crippen LogP contribution in [0.4, 0.5) is 5.69 Å². The monoisotopic (exact) mass is 262 g/mol. The quantitative estimate of drug-likeness (QED) is 0.630. The Morgan fingerprint density at radius 2 is 2.05 bits per heavy atom. The number of nitrogens with zero attached hydrogens (tertiary/aromatic N) is 2. The fourth-order valence-electron chi connectivity index (χ4n) is 1.85. The minimum absolute atomic E-state index is 0.161. The third-order valence-corrected chi connectivity index (χ3v) is 2.77. The van der Waals surface area contributed by atoms with Crippen LogP contribution in [0.1, 0.15) is 26.7 Å². The average Bonchev–Trinajstić information content (AvgIpc) is 2.45. The maximum atomic E-state index is 12.1. The Kier molecular flexibility index (Phi) is 5.34. The predicted molar refractivity (Wildman–Crippen MR) is 70.6 cm³/mol. The van der Waals surface area contributed by atoms with Crippen molar-refractivity contribution in [3.05, 3.63) is 30.3 Å². The fourth-order valence-corrected chi connectivity index (χ4v) is 1.85. The first-order valence-corrected chi connectivity index (χ1v) is 6.25. The van der Waals surface area contributed by atoms with Crippen molar-refractivity contribution >= 4 is 11.7 Å². The fraction of sp³-hybridized carbons (Fsp3) is 0.429. The molecule has 5 heteroatoms. The van der Waals surface area contributed by atoms with Gasteiger partial charge in [-0.2, -0.15) is 5.26 Å². The summed E-state index contributed by atoms with van der Waals surface area (Å²) in [7, 11) is 0. The number of benzene rings is 1. The van der Waals surface area contributed by atoms with Gasteiger partial charge in [-0.1, -0.05) is 31.5 Å². The molecule has 0 heterocycles. The Morgan fingerprint density at radius 3 is 2.53 bits per heavy atom. The number of hydroxylamine groups is 1. The van der Waals surface area contributed by atoms with E-state index in [9.17, 15) is 15.3 Å². The summed E-state index contributed by atoms with van der Waals surface area (Å²) in [4.78, 5) is 12.1. The molecule has 102 valence electrons. The third-order valence-electron chi connectivity index (χ3n) is 2.77. The van der Waals surface area contributed by atoms with Crippen LogP contribution in [-0.4, -0.2) is 23.3 Å². The van der Waals surface area contributed by atoms with Gasteiger partial charge in [-0.05, 0) is 25.5 Å². The predicted octanol–water partition coefficient (Wildman–Crippen LogP) is 2.51. The second-order valence-electron chi connectivity index (χ2n) is 4.09. The minimum atomic E-state index is -1.70. The normalized spacial score (nSPS) is 13.2. The average molecular weight is 262 g/mol. The molecule has 1 rings (SSSR count). The molecule has 0 saturated heterocycles. The van der Waals surface area contributed by atoms with Crippen molar-refractivity contribution in [1.29, 1.82) is 5.26 Å². The van der Waals surface area contributed by atoms with Gasteiger partial charge in [-0.25, -0.2) is 9.86 Å². The first-order chi connectivity index (χ1) is 9.12. The molecular weight excluding hydrogens is 244 g/mol. The van der Waals surface area contributed by atoms with Crippen LogP contribution in [0.25, 0.3) is 0 Å². The van der Waals surface area contributed by atoms with Gasteiger partial charge in [0.25, 0.3) is 0 Å². The minimum Gasteiger partial charge on any atom is -0.463 e. The summed E-state index contributed by atoms with van der Waals surface area (Å²) in [6.45, 7) is 3.66. The van der Waals surface area contributed by atoms with Crippen molar-refractivity contribution in [2.45, 2.75) is 32.2 Å². The van der Waals surface area contributed by atoms with Crippen LogP contribution in [0.5, 0.6) is 0 Å². The van der Waals surface area contributed by atoms with E-state index in [1.165, 1.54) is 0 Å². The van der Waals surface area contributed by atoms with E-state index in [0.29, 0.717) is 17.2 Å². The molecule has 0 fully saturated rings. The molecule has 1 atom stereocenters. The highest BCUT2D eigenvalue weighted by molar-refractivity contribution is 5.88. The summed E-state index contributed by atoms with van der Waals surface area (Å²) < 4.78 is 4.93. The lowest BCUT2D eigenvalue weighted by molar-refractivity contribution is -0.150. The Morgan fingerprint density at radius 1 is 1.42 bits per heavy atom. The zero-order valence-corrected chi connectivity index (χ0v) is 11.2. The van der Waals surface area contributed by atoms with E-state index >= 15 is 0 Å². The van der Waals surface area contributed by atoms with Crippen molar-refractivity contribution < 1.29 is 14.7 Å². The van der Waals surface area contributed by atoms with Gasteiger partial charge in [0.2, 0.25) is 5.54 Å². The molecule has 0 aliphatic rings. The molecule has 0 bridgehead atoms. The van der Waals surface area contributed by atoms with Crippen molar-refractivity contribution in [3.8, 4) is 6.07 Å². The molecule has 1 aromatic rings. The maximum absolute atomic E-state index is 12.1. The van der Waals surface area contributed by atoms with Crippen LogP contribution in [0, 0.1) is 11.3 Å². The number of para-hydroxylation sites is 1. The molecule has 5 nitrogen and oxygen atoms in total. The van der Waals surface area contributed by atoms with Crippen LogP contribution in [0.2, 0.25) is 0 Å². The Labute approximate surface area is 113 Å². The molecule has 0 aromatic heterocycles. The Hall–Kier alpha value is -2.06. The molecule has 0 spiro atoms. The largest absolute Gasteiger partial charge is 0.463 e. The lowest BCUT2D eigenvalue weighted by Crippen LogP contribution is -2.53. The molecular formula is C14H18N2O3. The van der Waals surface area contributed by atoms with Crippen molar-refractivity contribution in [1.82, 2.24) is 0 Å². The second-order valence-corrected chi connectivity index (χ2v) is 4.09. The highest BCUT2D eigenvalue weighted by Gasteiger charge is 2.46. The SMILES string of the molecule is CCC[C@](C#N)(C(=O)OCC)N(O)c1ccccc1. The summed E-state index contributed by atoms with van der Waals surface area (Å²) in [5, 5.41) is 20.4. The number of carbonyl (C=O) groups excluding carboxylic acids is 1. The highest BCUT2D eigenvalue weighted by Crippen LogP contribution is 2.27. The molecule has 0 amide bonds. The number of esters is 1. The van der Waals surface area contributed by atoms with E-state index in [0.717, 1.165) is 0 Å². The van der Waals surface area contributed by atoms with Crippen molar-refractivity contribution in [2.75, 3.05) is 11.7 Å². The van der Waals surface area contributed by atoms with Crippen LogP contribution in [0.15, 0.2) is 30.3 Å². The summed E-state index contributed by atoms with van der Waals surface area (Å²) in [5.41, 5.74) is -1.32. The molecule has 1 N–H and O–H groups in total. The number of nitriles is 1. The molecule has 0 aliphatic carbocycles. The van der Waals surface area contributed by atoms with E-state index in [1.807, 2.05) is 13.0 Å². The second kappa shape index (κ2) is 6.76. The number of hydrogen-bond donors (Lipinski definition) is 1. The maximum Gasteiger partial charge on any atom is 0.349 e. The zero-order valence-electron chi connectivity index (χ0n) is 11.2. The van der Waals surface area contributed by atoms with Crippen LogP contribution in [-0.2, 0) is 9.53 Å². The topological polar surface area (TPSA) is 73.6 Å². The number of anilines is 1. The van der Waals surface area contributed by atoms with E-state index in [2.05, 4.69) is 0 Å². The van der Waals surface area contributed by atoms with Gasteiger partial charge in [0, 0.05) is 0 Å². The number of rotatable bonds is 6. The molecule has 19 heavy (non-hydrogen) atoms. The lowest BCUT2D eigenvalue weighted by atomic mass is 9.94. The first-order valence-electron chi connectivity index (χ1n) is 6.25. The van der Waals surface area contributed by atoms with Gasteiger partial charge >= 0.3 is 5.97 Å². The van der Waals surface area contributed by atoms with Gasteiger partial charge in [-0.15, -0.1) is 0 Å². The number of hydrogen-bond acceptors (Lipinski definition) is 5. The van der Waals surface area contributed by atoms with E-state index in [4.69, 9.17) is 4.74 Å². The van der Waals surface area contributed by atoms with Crippen LogP contribution in [0.3, 0.4) is 0 Å². The van der Waals surface area contributed by atoms with Crippen LogP contribution >= 0.6 is 0 Å². The Bertz CT molecular complexity index is 456. The summed E-state index contributed by atoms with van der Waals surface area (Å²) in [5.74, 6) is -0.731. The first kappa shape index (κ1) is 15.0. The standard InChI is InChI=1S/C14H18N2O3/c1-3-10-14(11-15,13(17)19-4-2)16(18)12-8-6-5-7-9-12/h5-9,18H,3-4,10H2,1-2H3/t14-/m0/s1. The highest BCUT2D eigenvalue weighted by atomic mass is 16.6. The van der Waals surface area contributed by atoms with Gasteiger partial charge in [-0.3, -0.25) is 5.21 Å².